The summed E-state index contributed by atoms with van der Waals surface area (Å²) in [5.74, 6) is -0.731. The second-order valence-electron chi connectivity index (χ2n) is 2.32. The van der Waals surface area contributed by atoms with Crippen molar-refractivity contribution in [2.24, 2.45) is 0 Å². The highest BCUT2D eigenvalue weighted by molar-refractivity contribution is 7.03. The van der Waals surface area contributed by atoms with E-state index in [9.17, 15) is 9.59 Å². The van der Waals surface area contributed by atoms with Gasteiger partial charge in [0.15, 0.2) is 5.78 Å². The molecule has 0 aliphatic rings. The number of esters is 1. The van der Waals surface area contributed by atoms with Crippen molar-refractivity contribution in [1.82, 2.24) is 4.37 Å². The van der Waals surface area contributed by atoms with Crippen LogP contribution in [0.1, 0.15) is 23.7 Å². The molecule has 0 radical (unpaired) electrons. The maximum atomic E-state index is 11.3. The molecule has 13 heavy (non-hydrogen) atoms. The molecule has 0 aliphatic carbocycles. The van der Waals surface area contributed by atoms with Crippen LogP contribution in [-0.2, 0) is 9.53 Å². The quantitative estimate of drug-likeness (QED) is 0.416. The summed E-state index contributed by atoms with van der Waals surface area (Å²) in [5, 5.41) is 1.61. The Morgan fingerprint density at radius 2 is 2.38 bits per heavy atom. The predicted octanol–water partition coefficient (Wildman–Crippen LogP) is 1.28. The first kappa shape index (κ1) is 9.85. The number of ketones is 1. The van der Waals surface area contributed by atoms with Gasteiger partial charge in [-0.15, -0.1) is 0 Å². The minimum atomic E-state index is -0.487. The number of aromatic nitrogens is 1. The van der Waals surface area contributed by atoms with Crippen LogP contribution in [0.25, 0.3) is 0 Å². The Hall–Kier alpha value is -1.23. The van der Waals surface area contributed by atoms with Gasteiger partial charge in [0.05, 0.1) is 12.8 Å². The molecular formula is C8H9NO3S. The Bertz CT molecular complexity index is 294. The molecule has 1 rings (SSSR count). The molecular weight excluding hydrogens is 190 g/mol. The summed E-state index contributed by atoms with van der Waals surface area (Å²) in [5.41, 5.74) is 0.470. The van der Waals surface area contributed by atoms with Gasteiger partial charge in [-0.1, -0.05) is 0 Å². The van der Waals surface area contributed by atoms with Gasteiger partial charge in [0.2, 0.25) is 0 Å². The molecule has 1 aromatic rings. The van der Waals surface area contributed by atoms with E-state index in [1.807, 2.05) is 0 Å². The average molecular weight is 199 g/mol. The fraction of sp³-hybridized carbons (Fsp3) is 0.375. The maximum absolute atomic E-state index is 11.3. The van der Waals surface area contributed by atoms with E-state index in [0.717, 1.165) is 0 Å². The van der Waals surface area contributed by atoms with Crippen molar-refractivity contribution in [3.05, 3.63) is 17.1 Å². The fourth-order valence-electron chi connectivity index (χ4n) is 0.788. The molecule has 0 saturated heterocycles. The van der Waals surface area contributed by atoms with E-state index < -0.39 is 5.97 Å². The summed E-state index contributed by atoms with van der Waals surface area (Å²) >= 11 is 1.19. The van der Waals surface area contributed by atoms with Gasteiger partial charge in [0.25, 0.3) is 0 Å². The van der Waals surface area contributed by atoms with Gasteiger partial charge in [0.1, 0.15) is 6.42 Å². The summed E-state index contributed by atoms with van der Waals surface area (Å²) in [6, 6.07) is 0. The van der Waals surface area contributed by atoms with Crippen molar-refractivity contribution in [2.45, 2.75) is 13.3 Å². The minimum absolute atomic E-state index is 0.202. The normalized spacial score (nSPS) is 9.62. The van der Waals surface area contributed by atoms with Crippen LogP contribution in [0.3, 0.4) is 0 Å². The first-order valence-corrected chi connectivity index (χ1v) is 4.66. The van der Waals surface area contributed by atoms with Crippen LogP contribution in [-0.4, -0.2) is 22.7 Å². The second kappa shape index (κ2) is 4.71. The Balaban J connectivity index is 2.47. The van der Waals surface area contributed by atoms with E-state index in [2.05, 4.69) is 9.11 Å². The number of carbonyl (C=O) groups excluding carboxylic acids is 2. The molecule has 4 nitrogen and oxygen atoms in total. The number of hydrogen-bond acceptors (Lipinski definition) is 5. The molecule has 0 unspecified atom stereocenters. The van der Waals surface area contributed by atoms with E-state index in [-0.39, 0.29) is 12.2 Å². The van der Waals surface area contributed by atoms with Gasteiger partial charge in [0, 0.05) is 10.9 Å². The Morgan fingerprint density at radius 3 is 2.92 bits per heavy atom. The predicted molar refractivity (Wildman–Crippen MR) is 47.7 cm³/mol. The van der Waals surface area contributed by atoms with E-state index in [1.54, 1.807) is 12.3 Å². The summed E-state index contributed by atoms with van der Waals surface area (Å²) in [6.07, 6.45) is 1.25. The summed E-state index contributed by atoms with van der Waals surface area (Å²) in [7, 11) is 0. The minimum Gasteiger partial charge on any atom is -0.466 e. The number of nitrogens with zero attached hydrogens (tertiary/aromatic N) is 1. The van der Waals surface area contributed by atoms with Crippen LogP contribution in [0.4, 0.5) is 0 Å². The number of rotatable bonds is 4. The second-order valence-corrected chi connectivity index (χ2v) is 2.98. The Kier molecular flexibility index (Phi) is 3.57. The number of hydrogen-bond donors (Lipinski definition) is 0. The lowest BCUT2D eigenvalue weighted by Crippen LogP contribution is -2.10. The molecule has 1 heterocycles. The zero-order valence-corrected chi connectivity index (χ0v) is 7.97. The molecule has 0 fully saturated rings. The Morgan fingerprint density at radius 1 is 1.62 bits per heavy atom. The summed E-state index contributed by atoms with van der Waals surface area (Å²) in [4.78, 5) is 22.1. The first-order chi connectivity index (χ1) is 6.24. The number of carbonyl (C=O) groups is 2. The average Bonchev–Trinajstić information content (AvgIpc) is 2.55. The molecule has 1 aromatic heterocycles. The lowest BCUT2D eigenvalue weighted by Gasteiger charge is -1.98. The van der Waals surface area contributed by atoms with Gasteiger partial charge >= 0.3 is 5.97 Å². The van der Waals surface area contributed by atoms with Crippen LogP contribution in [0, 0.1) is 0 Å². The van der Waals surface area contributed by atoms with Crippen molar-refractivity contribution < 1.29 is 14.3 Å². The van der Waals surface area contributed by atoms with E-state index in [0.29, 0.717) is 12.2 Å². The van der Waals surface area contributed by atoms with Crippen LogP contribution >= 0.6 is 11.5 Å². The molecule has 0 atom stereocenters. The first-order valence-electron chi connectivity index (χ1n) is 3.82. The molecule has 70 valence electrons. The van der Waals surface area contributed by atoms with Crippen LogP contribution in [0.2, 0.25) is 0 Å². The SMILES string of the molecule is CCOC(=O)CC(=O)c1cnsc1. The molecule has 0 amide bonds. The highest BCUT2D eigenvalue weighted by atomic mass is 32.1. The third-order valence-electron chi connectivity index (χ3n) is 1.36. The molecule has 0 aliphatic heterocycles. The lowest BCUT2D eigenvalue weighted by atomic mass is 10.2. The highest BCUT2D eigenvalue weighted by Crippen LogP contribution is 2.05. The van der Waals surface area contributed by atoms with Crippen molar-refractivity contribution in [3.8, 4) is 0 Å². The highest BCUT2D eigenvalue weighted by Gasteiger charge is 2.12. The van der Waals surface area contributed by atoms with Crippen LogP contribution in [0.5, 0.6) is 0 Å². The maximum Gasteiger partial charge on any atom is 0.313 e. The number of Topliss-reactive ketones (excluding diaryl/α,β-unsaturated/α-hetero) is 1. The van der Waals surface area contributed by atoms with Gasteiger partial charge in [-0.25, -0.2) is 4.37 Å². The lowest BCUT2D eigenvalue weighted by molar-refractivity contribution is -0.141. The third-order valence-corrected chi connectivity index (χ3v) is 1.95. The number of ether oxygens (including phenoxy) is 1. The van der Waals surface area contributed by atoms with Crippen LogP contribution < -0.4 is 0 Å². The topological polar surface area (TPSA) is 56.3 Å². The van der Waals surface area contributed by atoms with Crippen molar-refractivity contribution >= 4 is 23.3 Å². The monoisotopic (exact) mass is 199 g/mol. The van der Waals surface area contributed by atoms with Crippen LogP contribution in [0.15, 0.2) is 11.6 Å². The van der Waals surface area contributed by atoms with E-state index in [1.165, 1.54) is 17.7 Å². The Labute approximate surface area is 79.7 Å². The zero-order valence-electron chi connectivity index (χ0n) is 7.15. The zero-order chi connectivity index (χ0) is 9.68. The summed E-state index contributed by atoms with van der Waals surface area (Å²) < 4.78 is 8.40. The van der Waals surface area contributed by atoms with Gasteiger partial charge in [-0.3, -0.25) is 9.59 Å². The molecule has 0 bridgehead atoms. The van der Waals surface area contributed by atoms with E-state index >= 15 is 0 Å². The van der Waals surface area contributed by atoms with Crippen molar-refractivity contribution in [2.75, 3.05) is 6.61 Å². The van der Waals surface area contributed by atoms with Crippen molar-refractivity contribution in [1.29, 1.82) is 0 Å². The third kappa shape index (κ3) is 2.95. The van der Waals surface area contributed by atoms with Gasteiger partial charge in [-0.05, 0) is 18.5 Å². The molecule has 0 spiro atoms. The van der Waals surface area contributed by atoms with Crippen molar-refractivity contribution in [3.63, 3.8) is 0 Å². The largest absolute Gasteiger partial charge is 0.466 e. The molecule has 5 heteroatoms. The molecule has 0 saturated carbocycles. The molecule has 0 aromatic carbocycles. The van der Waals surface area contributed by atoms with E-state index in [4.69, 9.17) is 0 Å². The fourth-order valence-corrected chi connectivity index (χ4v) is 1.33. The standard InChI is InChI=1S/C8H9NO3S/c1-2-12-8(11)3-7(10)6-4-9-13-5-6/h4-5H,2-3H2,1H3. The van der Waals surface area contributed by atoms with Gasteiger partial charge in [-0.2, -0.15) is 0 Å². The van der Waals surface area contributed by atoms with Gasteiger partial charge < -0.3 is 4.74 Å². The molecule has 0 N–H and O–H groups in total. The smallest absolute Gasteiger partial charge is 0.313 e. The summed E-state index contributed by atoms with van der Waals surface area (Å²) in [6.45, 7) is 2.00.